The summed E-state index contributed by atoms with van der Waals surface area (Å²) in [5.41, 5.74) is 3.63. The Bertz CT molecular complexity index is 456. The molecule has 0 saturated carbocycles. The van der Waals surface area contributed by atoms with E-state index in [0.29, 0.717) is 12.4 Å². The number of hydrogen-bond donors (Lipinski definition) is 0. The molecule has 3 nitrogen and oxygen atoms in total. The van der Waals surface area contributed by atoms with Crippen molar-refractivity contribution in [2.45, 2.75) is 19.6 Å². The van der Waals surface area contributed by atoms with E-state index >= 15 is 0 Å². The van der Waals surface area contributed by atoms with Crippen LogP contribution < -0.4 is 0 Å². The zero-order valence-electron chi connectivity index (χ0n) is 10.4. The Hall–Kier alpha value is -2.25. The fourth-order valence-corrected chi connectivity index (χ4v) is 1.36. The first kappa shape index (κ1) is 13.8. The number of esters is 1. The number of ether oxygens (including phenoxy) is 2. The molecule has 1 aromatic rings. The zero-order valence-corrected chi connectivity index (χ0v) is 10.4. The molecule has 0 spiro atoms. The van der Waals surface area contributed by atoms with Gasteiger partial charge in [0.15, 0.2) is 11.9 Å². The van der Waals surface area contributed by atoms with Gasteiger partial charge in [0, 0.05) is 6.92 Å². The van der Waals surface area contributed by atoms with E-state index in [-0.39, 0.29) is 0 Å². The van der Waals surface area contributed by atoms with E-state index in [1.165, 1.54) is 13.0 Å². The van der Waals surface area contributed by atoms with Crippen LogP contribution >= 0.6 is 0 Å². The van der Waals surface area contributed by atoms with Crippen molar-refractivity contribution in [2.75, 3.05) is 0 Å². The maximum atomic E-state index is 10.9. The Morgan fingerprint density at radius 1 is 1.44 bits per heavy atom. The van der Waals surface area contributed by atoms with Crippen molar-refractivity contribution in [3.8, 4) is 0 Å². The lowest BCUT2D eigenvalue weighted by molar-refractivity contribution is -0.144. The van der Waals surface area contributed by atoms with Crippen LogP contribution in [-0.2, 0) is 20.9 Å². The molecule has 1 aromatic carbocycles. The van der Waals surface area contributed by atoms with Crippen LogP contribution in [0.5, 0.6) is 0 Å². The van der Waals surface area contributed by atoms with Crippen LogP contribution in [0.1, 0.15) is 12.5 Å². The van der Waals surface area contributed by atoms with Gasteiger partial charge in [-0.2, -0.15) is 0 Å². The molecule has 0 saturated heterocycles. The van der Waals surface area contributed by atoms with Crippen molar-refractivity contribution in [3.05, 3.63) is 66.6 Å². The summed E-state index contributed by atoms with van der Waals surface area (Å²) in [6, 6.07) is 9.66. The summed E-state index contributed by atoms with van der Waals surface area (Å²) in [4.78, 5) is 10.9. The monoisotopic (exact) mass is 244 g/mol. The lowest BCUT2D eigenvalue weighted by Crippen LogP contribution is -2.17. The summed E-state index contributed by atoms with van der Waals surface area (Å²) in [6.45, 7) is 8.81. The molecule has 0 radical (unpaired) electrons. The second kappa shape index (κ2) is 7.15. The smallest absolute Gasteiger partial charge is 0.303 e. The molecule has 0 bridgehead atoms. The van der Waals surface area contributed by atoms with Crippen molar-refractivity contribution in [1.82, 2.24) is 0 Å². The lowest BCUT2D eigenvalue weighted by Gasteiger charge is -2.16. The Morgan fingerprint density at radius 3 is 2.61 bits per heavy atom. The lowest BCUT2D eigenvalue weighted by atomic mass is 10.2. The molecule has 0 fully saturated rings. The average molecular weight is 244 g/mol. The second-order valence-corrected chi connectivity index (χ2v) is 3.58. The summed E-state index contributed by atoms with van der Waals surface area (Å²) in [6.07, 6.45) is 0.823. The molecule has 0 amide bonds. The van der Waals surface area contributed by atoms with E-state index in [1.807, 2.05) is 30.3 Å². The molecule has 0 aliphatic rings. The number of rotatable bonds is 6. The van der Waals surface area contributed by atoms with Crippen molar-refractivity contribution in [2.24, 2.45) is 0 Å². The van der Waals surface area contributed by atoms with Crippen LogP contribution in [0.25, 0.3) is 0 Å². The molecule has 0 aliphatic heterocycles. The maximum absolute atomic E-state index is 10.9. The molecular formula is C15H16O3. The molecule has 18 heavy (non-hydrogen) atoms. The third-order valence-corrected chi connectivity index (χ3v) is 2.18. The van der Waals surface area contributed by atoms with Crippen molar-refractivity contribution in [1.29, 1.82) is 0 Å². The van der Waals surface area contributed by atoms with Crippen molar-refractivity contribution in [3.63, 3.8) is 0 Å². The highest BCUT2D eigenvalue weighted by Gasteiger charge is 2.14. The molecule has 0 heterocycles. The predicted octanol–water partition coefficient (Wildman–Crippen LogP) is 2.99. The van der Waals surface area contributed by atoms with Crippen LogP contribution in [0, 0.1) is 0 Å². The third-order valence-electron chi connectivity index (χ3n) is 2.18. The number of hydrogen-bond acceptors (Lipinski definition) is 3. The highest BCUT2D eigenvalue weighted by Crippen LogP contribution is 2.12. The largest absolute Gasteiger partial charge is 0.481 e. The zero-order chi connectivity index (χ0) is 13.4. The fraction of sp³-hybridized carbons (Fsp3) is 0.200. The minimum Gasteiger partial charge on any atom is -0.481 e. The van der Waals surface area contributed by atoms with Gasteiger partial charge in [-0.05, 0) is 11.6 Å². The third kappa shape index (κ3) is 4.32. The number of carbonyl (C=O) groups excluding carboxylic acids is 1. The Balaban J connectivity index is 2.65. The van der Waals surface area contributed by atoms with Gasteiger partial charge in [-0.1, -0.05) is 49.2 Å². The molecule has 94 valence electrons. The van der Waals surface area contributed by atoms with Gasteiger partial charge >= 0.3 is 5.97 Å². The number of carbonyl (C=O) groups is 1. The van der Waals surface area contributed by atoms with Gasteiger partial charge in [-0.15, -0.1) is 0 Å². The SMILES string of the molecule is C=C=C(OCc1ccccc1)C(C=C)OC(C)=O. The molecule has 1 rings (SSSR count). The summed E-state index contributed by atoms with van der Waals surface area (Å²) in [7, 11) is 0. The van der Waals surface area contributed by atoms with Gasteiger partial charge in [0.25, 0.3) is 0 Å². The van der Waals surface area contributed by atoms with Gasteiger partial charge in [-0.3, -0.25) is 4.79 Å². The van der Waals surface area contributed by atoms with E-state index in [1.54, 1.807) is 0 Å². The van der Waals surface area contributed by atoms with Gasteiger partial charge in [0.1, 0.15) is 6.61 Å². The van der Waals surface area contributed by atoms with Crippen LogP contribution in [0.3, 0.4) is 0 Å². The average Bonchev–Trinajstić information content (AvgIpc) is 2.38. The van der Waals surface area contributed by atoms with Gasteiger partial charge < -0.3 is 9.47 Å². The minimum atomic E-state index is -0.649. The van der Waals surface area contributed by atoms with Gasteiger partial charge in [0.05, 0.1) is 0 Å². The fourth-order valence-electron chi connectivity index (χ4n) is 1.36. The Labute approximate surface area is 107 Å². The van der Waals surface area contributed by atoms with E-state index in [4.69, 9.17) is 9.47 Å². The Morgan fingerprint density at radius 2 is 2.11 bits per heavy atom. The highest BCUT2D eigenvalue weighted by atomic mass is 16.6. The summed E-state index contributed by atoms with van der Waals surface area (Å²) in [5.74, 6) is -0.0555. The first-order valence-corrected chi connectivity index (χ1v) is 5.53. The van der Waals surface area contributed by atoms with Crippen LogP contribution in [0.2, 0.25) is 0 Å². The molecule has 1 unspecified atom stereocenters. The molecule has 0 aliphatic carbocycles. The first-order valence-electron chi connectivity index (χ1n) is 5.53. The summed E-state index contributed by atoms with van der Waals surface area (Å²) in [5, 5.41) is 0. The number of benzene rings is 1. The minimum absolute atomic E-state index is 0.351. The molecule has 1 atom stereocenters. The molecule has 3 heteroatoms. The molecule has 0 aromatic heterocycles. The predicted molar refractivity (Wildman–Crippen MR) is 69.6 cm³/mol. The normalized spacial score (nSPS) is 10.9. The quantitative estimate of drug-likeness (QED) is 0.334. The van der Waals surface area contributed by atoms with Crippen LogP contribution in [0.15, 0.2) is 61.1 Å². The summed E-state index contributed by atoms with van der Waals surface area (Å²) < 4.78 is 10.5. The standard InChI is InChI=1S/C15H16O3/c1-4-14(15(5-2)18-12(3)16)17-11-13-9-7-6-8-10-13/h5-10,15H,1-2,11H2,3H3. The summed E-state index contributed by atoms with van der Waals surface area (Å²) >= 11 is 0. The van der Waals surface area contributed by atoms with Gasteiger partial charge in [-0.25, -0.2) is 0 Å². The van der Waals surface area contributed by atoms with Crippen molar-refractivity contribution < 1.29 is 14.3 Å². The molecular weight excluding hydrogens is 228 g/mol. The maximum Gasteiger partial charge on any atom is 0.303 e. The van der Waals surface area contributed by atoms with E-state index < -0.39 is 12.1 Å². The Kier molecular flexibility index (Phi) is 5.49. The topological polar surface area (TPSA) is 35.5 Å². The van der Waals surface area contributed by atoms with E-state index in [2.05, 4.69) is 18.9 Å². The van der Waals surface area contributed by atoms with Crippen molar-refractivity contribution >= 4 is 5.97 Å². The van der Waals surface area contributed by atoms with Crippen LogP contribution in [-0.4, -0.2) is 12.1 Å². The van der Waals surface area contributed by atoms with Crippen LogP contribution in [0.4, 0.5) is 0 Å². The second-order valence-electron chi connectivity index (χ2n) is 3.58. The highest BCUT2D eigenvalue weighted by molar-refractivity contribution is 5.66. The van der Waals surface area contributed by atoms with E-state index in [0.717, 1.165) is 5.56 Å². The molecule has 0 N–H and O–H groups in total. The van der Waals surface area contributed by atoms with E-state index in [9.17, 15) is 4.79 Å². The first-order chi connectivity index (χ1) is 8.67. The van der Waals surface area contributed by atoms with Gasteiger partial charge in [0.2, 0.25) is 0 Å².